The van der Waals surface area contributed by atoms with Crippen molar-refractivity contribution in [2.75, 3.05) is 26.9 Å². The Morgan fingerprint density at radius 2 is 1.21 bits per heavy atom. The van der Waals surface area contributed by atoms with Crippen LogP contribution in [0.1, 0.15) is 96.8 Å². The van der Waals surface area contributed by atoms with Crippen molar-refractivity contribution in [2.24, 2.45) is 5.73 Å². The van der Waals surface area contributed by atoms with Gasteiger partial charge in [-0.1, -0.05) is 76.9 Å². The molecule has 0 aliphatic carbocycles. The van der Waals surface area contributed by atoms with E-state index in [9.17, 15) is 8.42 Å². The number of hydrogen-bond acceptors (Lipinski definition) is 5. The second kappa shape index (κ2) is 24.6. The molecule has 7 heteroatoms. The van der Waals surface area contributed by atoms with Gasteiger partial charge in [-0.15, -0.1) is 0 Å². The average Bonchev–Trinajstić information content (AvgIpc) is 2.67. The van der Waals surface area contributed by atoms with Gasteiger partial charge in [-0.25, -0.2) is 0 Å². The van der Waals surface area contributed by atoms with Crippen molar-refractivity contribution in [3.05, 3.63) is 12.2 Å². The van der Waals surface area contributed by atoms with Crippen LogP contribution in [0.25, 0.3) is 0 Å². The molecule has 0 amide bonds. The van der Waals surface area contributed by atoms with Crippen molar-refractivity contribution in [2.45, 2.75) is 96.8 Å². The van der Waals surface area contributed by atoms with Gasteiger partial charge >= 0.3 is 10.4 Å². The largest absolute Gasteiger partial charge is 0.397 e. The molecule has 6 nitrogen and oxygen atoms in total. The lowest BCUT2D eigenvalue weighted by atomic mass is 10.1. The highest BCUT2D eigenvalue weighted by Gasteiger charge is 1.94. The van der Waals surface area contributed by atoms with Crippen LogP contribution in [0.4, 0.5) is 0 Å². The molecule has 0 rings (SSSR count). The van der Waals surface area contributed by atoms with Gasteiger partial charge in [0.15, 0.2) is 0 Å². The topological polar surface area (TPSA) is 98.9 Å². The maximum atomic E-state index is 9.33. The lowest BCUT2D eigenvalue weighted by molar-refractivity contribution is 0.137. The molecule has 0 aromatic carbocycles. The van der Waals surface area contributed by atoms with Crippen molar-refractivity contribution in [1.29, 1.82) is 0 Å². The van der Waals surface area contributed by atoms with E-state index in [1.807, 2.05) is 0 Å². The molecule has 0 aromatic rings. The Morgan fingerprint density at radius 1 is 0.786 bits per heavy atom. The van der Waals surface area contributed by atoms with Gasteiger partial charge in [-0.2, -0.15) is 8.42 Å². The summed E-state index contributed by atoms with van der Waals surface area (Å²) in [6.07, 6.45) is 23.7. The van der Waals surface area contributed by atoms with Crippen LogP contribution in [0.5, 0.6) is 0 Å². The van der Waals surface area contributed by atoms with Crippen LogP contribution in [0.15, 0.2) is 12.2 Å². The number of ether oxygens (including phenoxy) is 1. The van der Waals surface area contributed by atoms with Crippen molar-refractivity contribution in [3.63, 3.8) is 0 Å². The third kappa shape index (κ3) is 33.1. The van der Waals surface area contributed by atoms with Crippen molar-refractivity contribution < 1.29 is 21.9 Å². The summed E-state index contributed by atoms with van der Waals surface area (Å²) in [5.41, 5.74) is 5.37. The molecule has 0 heterocycles. The van der Waals surface area contributed by atoms with Crippen LogP contribution in [-0.2, 0) is 19.3 Å². The summed E-state index contributed by atoms with van der Waals surface area (Å²) < 4.78 is 35.1. The first-order valence-corrected chi connectivity index (χ1v) is 12.3. The molecule has 0 aliphatic rings. The Hall–Kier alpha value is -0.470. The molecular weight excluding hydrogens is 378 g/mol. The smallest absolute Gasteiger partial charge is 0.380 e. The average molecular weight is 424 g/mol. The Balaban J connectivity index is 0. The molecular formula is C21H45NO5S. The predicted octanol–water partition coefficient (Wildman–Crippen LogP) is 5.43. The van der Waals surface area contributed by atoms with Crippen LogP contribution in [0, 0.1) is 0 Å². The molecule has 0 radical (unpaired) electrons. The summed E-state index contributed by atoms with van der Waals surface area (Å²) >= 11 is 0. The second-order valence-electron chi connectivity index (χ2n) is 6.93. The van der Waals surface area contributed by atoms with Crippen LogP contribution < -0.4 is 5.73 Å². The SMILES string of the molecule is CCCCCCCC/C=C\CCCCCCCCOCCN.COS(=O)(=O)O. The zero-order valence-corrected chi connectivity index (χ0v) is 19.1. The first kappa shape index (κ1) is 29.7. The Morgan fingerprint density at radius 3 is 1.64 bits per heavy atom. The fourth-order valence-corrected chi connectivity index (χ4v) is 2.64. The van der Waals surface area contributed by atoms with Gasteiger partial charge in [0.25, 0.3) is 0 Å². The van der Waals surface area contributed by atoms with Gasteiger partial charge in [0.05, 0.1) is 13.7 Å². The summed E-state index contributed by atoms with van der Waals surface area (Å²) in [5.74, 6) is 0. The van der Waals surface area contributed by atoms with Crippen molar-refractivity contribution in [1.82, 2.24) is 0 Å². The van der Waals surface area contributed by atoms with Crippen LogP contribution in [0.2, 0.25) is 0 Å². The first-order valence-electron chi connectivity index (χ1n) is 10.9. The molecule has 0 saturated carbocycles. The lowest BCUT2D eigenvalue weighted by Gasteiger charge is -2.02. The Bertz CT molecular complexity index is 413. The van der Waals surface area contributed by atoms with Gasteiger partial charge in [-0.05, 0) is 32.1 Å². The monoisotopic (exact) mass is 423 g/mol. The highest BCUT2D eigenvalue weighted by molar-refractivity contribution is 7.80. The van der Waals surface area contributed by atoms with Gasteiger partial charge < -0.3 is 10.5 Å². The molecule has 0 fully saturated rings. The van der Waals surface area contributed by atoms with E-state index in [0.29, 0.717) is 13.2 Å². The summed E-state index contributed by atoms with van der Waals surface area (Å²) in [6, 6.07) is 0. The molecule has 3 N–H and O–H groups in total. The molecule has 0 spiro atoms. The highest BCUT2D eigenvalue weighted by atomic mass is 32.3. The fourth-order valence-electron chi connectivity index (χ4n) is 2.64. The van der Waals surface area contributed by atoms with E-state index in [-0.39, 0.29) is 0 Å². The van der Waals surface area contributed by atoms with E-state index < -0.39 is 10.4 Å². The van der Waals surface area contributed by atoms with Crippen LogP contribution >= 0.6 is 0 Å². The molecule has 0 saturated heterocycles. The van der Waals surface area contributed by atoms with Crippen LogP contribution in [-0.4, -0.2) is 39.8 Å². The zero-order chi connectivity index (χ0) is 21.3. The molecule has 0 bridgehead atoms. The fraction of sp³-hybridized carbons (Fsp3) is 0.905. The number of nitrogens with two attached hydrogens (primary N) is 1. The third-order valence-electron chi connectivity index (χ3n) is 4.27. The van der Waals surface area contributed by atoms with E-state index in [4.69, 9.17) is 15.0 Å². The number of hydrogen-bond donors (Lipinski definition) is 2. The van der Waals surface area contributed by atoms with Crippen molar-refractivity contribution >= 4 is 10.4 Å². The predicted molar refractivity (Wildman–Crippen MR) is 118 cm³/mol. The van der Waals surface area contributed by atoms with E-state index in [1.54, 1.807) is 0 Å². The maximum absolute atomic E-state index is 9.33. The van der Waals surface area contributed by atoms with Gasteiger partial charge in [0.1, 0.15) is 0 Å². The minimum Gasteiger partial charge on any atom is -0.380 e. The zero-order valence-electron chi connectivity index (χ0n) is 18.2. The first-order chi connectivity index (χ1) is 13.5. The minimum absolute atomic E-state index is 0.645. The van der Waals surface area contributed by atoms with E-state index in [0.717, 1.165) is 13.7 Å². The molecule has 0 aliphatic heterocycles. The Kier molecular flexibility index (Phi) is 26.1. The Labute approximate surface area is 174 Å². The van der Waals surface area contributed by atoms with E-state index in [1.165, 1.54) is 89.9 Å². The minimum atomic E-state index is -4.16. The maximum Gasteiger partial charge on any atom is 0.397 e. The van der Waals surface area contributed by atoms with E-state index >= 15 is 0 Å². The third-order valence-corrected chi connectivity index (χ3v) is 4.69. The molecule has 0 aromatic heterocycles. The summed E-state index contributed by atoms with van der Waals surface area (Å²) in [5, 5.41) is 0. The van der Waals surface area contributed by atoms with Crippen LogP contribution in [0.3, 0.4) is 0 Å². The highest BCUT2D eigenvalue weighted by Crippen LogP contribution is 2.09. The van der Waals surface area contributed by atoms with E-state index in [2.05, 4.69) is 23.3 Å². The van der Waals surface area contributed by atoms with Crippen molar-refractivity contribution in [3.8, 4) is 0 Å². The summed E-state index contributed by atoms with van der Waals surface area (Å²) in [7, 11) is -3.29. The van der Waals surface area contributed by atoms with Gasteiger partial charge in [0.2, 0.25) is 0 Å². The molecule has 170 valence electrons. The summed E-state index contributed by atoms with van der Waals surface area (Å²) in [6.45, 7) is 4.52. The molecule has 28 heavy (non-hydrogen) atoms. The lowest BCUT2D eigenvalue weighted by Crippen LogP contribution is -2.08. The standard InChI is InChI=1S/C20H41NO.CH4O4S/c1-2-3-4-5-6-7-8-9-10-11-12-13-14-15-16-17-19-22-20-18-21;1-5-6(2,3)4/h9-10H,2-8,11-21H2,1H3;1H3,(H,2,3,4)/b10-9-;. The number of rotatable bonds is 19. The molecule has 0 unspecified atom stereocenters. The molecule has 0 atom stereocenters. The number of allylic oxidation sites excluding steroid dienone is 2. The number of unbranched alkanes of at least 4 members (excludes halogenated alkanes) is 12. The van der Waals surface area contributed by atoms with Gasteiger partial charge in [0, 0.05) is 13.2 Å². The van der Waals surface area contributed by atoms with Gasteiger partial charge in [-0.3, -0.25) is 8.74 Å². The normalized spacial score (nSPS) is 11.6. The second-order valence-corrected chi connectivity index (χ2v) is 8.12. The quantitative estimate of drug-likeness (QED) is 0.163. The summed E-state index contributed by atoms with van der Waals surface area (Å²) in [4.78, 5) is 0.